The van der Waals surface area contributed by atoms with Crippen LogP contribution in [0.3, 0.4) is 0 Å². The fraction of sp³-hybridized carbons (Fsp3) is 0.0833. The Labute approximate surface area is 107 Å². The Bertz CT molecular complexity index is 622. The number of methoxy groups -OCH3 is 1. The van der Waals surface area contributed by atoms with Crippen LogP contribution in [0.1, 0.15) is 0 Å². The van der Waals surface area contributed by atoms with Crippen molar-refractivity contribution in [2.45, 2.75) is 5.22 Å². The van der Waals surface area contributed by atoms with Crippen molar-refractivity contribution in [3.63, 3.8) is 0 Å². The topological polar surface area (TPSA) is 76.1 Å². The van der Waals surface area contributed by atoms with Crippen LogP contribution < -0.4 is 0 Å². The number of carbonyl (C=O) groups excluding carboxylic acids is 1. The van der Waals surface area contributed by atoms with Gasteiger partial charge in [0, 0.05) is 5.41 Å². The van der Waals surface area contributed by atoms with Gasteiger partial charge in [-0.05, 0) is 23.9 Å². The summed E-state index contributed by atoms with van der Waals surface area (Å²) in [6, 6.07) is 9.06. The number of nitrogens with zero attached hydrogens (tertiary/aromatic N) is 2. The summed E-state index contributed by atoms with van der Waals surface area (Å²) in [6.45, 7) is 0. The van der Waals surface area contributed by atoms with E-state index in [9.17, 15) is 4.79 Å². The number of carbonyl (C=O) groups is 1. The number of rotatable bonds is 3. The van der Waals surface area contributed by atoms with E-state index in [1.54, 1.807) is 12.1 Å². The molecule has 1 aromatic heterocycles. The predicted octanol–water partition coefficient (Wildman–Crippen LogP) is 2.50. The van der Waals surface area contributed by atoms with Crippen LogP contribution in [0.25, 0.3) is 11.1 Å². The number of fused-ring (bicyclic) bond motifs is 1. The van der Waals surface area contributed by atoms with E-state index in [1.807, 2.05) is 18.2 Å². The molecule has 0 saturated heterocycles. The quantitative estimate of drug-likeness (QED) is 0.365. The number of aromatic nitrogens is 1. The number of para-hydroxylation sites is 2. The van der Waals surface area contributed by atoms with Crippen LogP contribution in [0.2, 0.25) is 0 Å². The Hall–Kier alpha value is -2.26. The Balaban J connectivity index is 2.21. The summed E-state index contributed by atoms with van der Waals surface area (Å²) >= 11 is 1.06. The first-order valence-corrected chi connectivity index (χ1v) is 5.83. The molecule has 0 bridgehead atoms. The van der Waals surface area contributed by atoms with Crippen molar-refractivity contribution < 1.29 is 13.9 Å². The highest BCUT2D eigenvalue weighted by molar-refractivity contribution is 8.02. The van der Waals surface area contributed by atoms with E-state index < -0.39 is 5.97 Å². The number of benzene rings is 1. The highest BCUT2D eigenvalue weighted by Crippen LogP contribution is 2.24. The molecule has 5 nitrogen and oxygen atoms in total. The zero-order chi connectivity index (χ0) is 13.0. The number of oxazole rings is 1. The first-order valence-electron chi connectivity index (χ1n) is 4.95. The lowest BCUT2D eigenvalue weighted by atomic mass is 10.3. The molecule has 6 heteroatoms. The normalized spacial score (nSPS) is 11.2. The second kappa shape index (κ2) is 5.38. The average Bonchev–Trinajstić information content (AvgIpc) is 2.81. The summed E-state index contributed by atoms with van der Waals surface area (Å²) in [6.07, 6.45) is 0. The first kappa shape index (κ1) is 12.2. The van der Waals surface area contributed by atoms with Gasteiger partial charge in [0.15, 0.2) is 5.58 Å². The van der Waals surface area contributed by atoms with E-state index in [1.165, 1.54) is 12.5 Å². The predicted molar refractivity (Wildman–Crippen MR) is 65.6 cm³/mol. The zero-order valence-corrected chi connectivity index (χ0v) is 10.2. The standard InChI is InChI=1S/C12H8N2O3S/c1-16-11(15)8(6-13)7-18-12-14-9-4-2-3-5-10(9)17-12/h2-5,7H,1H3. The minimum Gasteiger partial charge on any atom is -0.465 e. The molecule has 0 saturated carbocycles. The SMILES string of the molecule is COC(=O)C(C#N)=CSc1nc2ccccc2o1. The largest absolute Gasteiger partial charge is 0.465 e. The van der Waals surface area contributed by atoms with E-state index in [0.29, 0.717) is 10.8 Å². The Morgan fingerprint density at radius 1 is 1.56 bits per heavy atom. The van der Waals surface area contributed by atoms with Crippen LogP contribution in [0.4, 0.5) is 0 Å². The van der Waals surface area contributed by atoms with Crippen molar-refractivity contribution in [3.05, 3.63) is 35.2 Å². The molecule has 0 unspecified atom stereocenters. The van der Waals surface area contributed by atoms with Crippen molar-refractivity contribution in [2.75, 3.05) is 7.11 Å². The van der Waals surface area contributed by atoms with Gasteiger partial charge in [-0.25, -0.2) is 9.78 Å². The van der Waals surface area contributed by atoms with Gasteiger partial charge >= 0.3 is 5.97 Å². The molecule has 0 amide bonds. The minimum atomic E-state index is -0.680. The van der Waals surface area contributed by atoms with Crippen LogP contribution in [-0.2, 0) is 9.53 Å². The van der Waals surface area contributed by atoms with Gasteiger partial charge in [-0.3, -0.25) is 0 Å². The molecule has 0 atom stereocenters. The van der Waals surface area contributed by atoms with Gasteiger partial charge in [-0.2, -0.15) is 5.26 Å². The number of thioether (sulfide) groups is 1. The maximum absolute atomic E-state index is 11.2. The molecule has 0 aliphatic heterocycles. The number of hydrogen-bond donors (Lipinski definition) is 0. The Morgan fingerprint density at radius 3 is 3.00 bits per heavy atom. The zero-order valence-electron chi connectivity index (χ0n) is 9.41. The fourth-order valence-electron chi connectivity index (χ4n) is 1.24. The van der Waals surface area contributed by atoms with Crippen LogP contribution >= 0.6 is 11.8 Å². The third-order valence-electron chi connectivity index (χ3n) is 2.08. The molecule has 1 aromatic carbocycles. The molecule has 2 rings (SSSR count). The molecule has 0 aliphatic rings. The summed E-state index contributed by atoms with van der Waals surface area (Å²) in [5.41, 5.74) is 1.29. The number of ether oxygens (including phenoxy) is 1. The van der Waals surface area contributed by atoms with E-state index in [-0.39, 0.29) is 5.57 Å². The van der Waals surface area contributed by atoms with Gasteiger partial charge < -0.3 is 9.15 Å². The van der Waals surface area contributed by atoms with Crippen LogP contribution in [0.15, 0.2) is 44.9 Å². The lowest BCUT2D eigenvalue weighted by Crippen LogP contribution is -2.01. The third-order valence-corrected chi connectivity index (χ3v) is 2.81. The first-order chi connectivity index (χ1) is 8.74. The molecule has 18 heavy (non-hydrogen) atoms. The van der Waals surface area contributed by atoms with Crippen LogP contribution in [-0.4, -0.2) is 18.1 Å². The molecule has 1 heterocycles. The van der Waals surface area contributed by atoms with E-state index in [4.69, 9.17) is 9.68 Å². The van der Waals surface area contributed by atoms with Crippen molar-refractivity contribution in [1.82, 2.24) is 4.98 Å². The number of esters is 1. The second-order valence-electron chi connectivity index (χ2n) is 3.20. The van der Waals surface area contributed by atoms with Crippen molar-refractivity contribution in [2.24, 2.45) is 0 Å². The second-order valence-corrected chi connectivity index (χ2v) is 4.02. The number of nitriles is 1. The lowest BCUT2D eigenvalue weighted by Gasteiger charge is -1.93. The van der Waals surface area contributed by atoms with Crippen molar-refractivity contribution >= 4 is 28.8 Å². The van der Waals surface area contributed by atoms with Gasteiger partial charge in [-0.1, -0.05) is 12.1 Å². The number of hydrogen-bond acceptors (Lipinski definition) is 6. The summed E-state index contributed by atoms with van der Waals surface area (Å²) in [7, 11) is 1.22. The van der Waals surface area contributed by atoms with Gasteiger partial charge in [-0.15, -0.1) is 0 Å². The van der Waals surface area contributed by atoms with Crippen LogP contribution in [0, 0.1) is 11.3 Å². The van der Waals surface area contributed by atoms with Crippen molar-refractivity contribution in [1.29, 1.82) is 5.26 Å². The van der Waals surface area contributed by atoms with Gasteiger partial charge in [0.25, 0.3) is 5.22 Å². The summed E-state index contributed by atoms with van der Waals surface area (Å²) < 4.78 is 9.88. The molecule has 0 N–H and O–H groups in total. The van der Waals surface area contributed by atoms with E-state index in [0.717, 1.165) is 17.3 Å². The van der Waals surface area contributed by atoms with Gasteiger partial charge in [0.1, 0.15) is 17.2 Å². The van der Waals surface area contributed by atoms with Crippen molar-refractivity contribution in [3.8, 4) is 6.07 Å². The molecule has 90 valence electrons. The molecular weight excluding hydrogens is 252 g/mol. The minimum absolute atomic E-state index is 0.0928. The highest BCUT2D eigenvalue weighted by atomic mass is 32.2. The monoisotopic (exact) mass is 260 g/mol. The summed E-state index contributed by atoms with van der Waals surface area (Å²) in [5, 5.41) is 10.5. The third kappa shape index (κ3) is 2.52. The molecular formula is C12H8N2O3S. The smallest absolute Gasteiger partial charge is 0.349 e. The molecule has 2 aromatic rings. The van der Waals surface area contributed by atoms with E-state index in [2.05, 4.69) is 9.72 Å². The Morgan fingerprint density at radius 2 is 2.33 bits per heavy atom. The van der Waals surface area contributed by atoms with E-state index >= 15 is 0 Å². The molecule has 0 radical (unpaired) electrons. The van der Waals surface area contributed by atoms with Gasteiger partial charge in [0.2, 0.25) is 0 Å². The molecule has 0 fully saturated rings. The lowest BCUT2D eigenvalue weighted by molar-refractivity contribution is -0.135. The maximum atomic E-state index is 11.2. The summed E-state index contributed by atoms with van der Waals surface area (Å²) in [5.74, 6) is -0.680. The maximum Gasteiger partial charge on any atom is 0.349 e. The summed E-state index contributed by atoms with van der Waals surface area (Å²) in [4.78, 5) is 15.4. The van der Waals surface area contributed by atoms with Gasteiger partial charge in [0.05, 0.1) is 7.11 Å². The fourth-order valence-corrected chi connectivity index (χ4v) is 1.90. The highest BCUT2D eigenvalue weighted by Gasteiger charge is 2.10. The molecule has 0 aliphatic carbocycles. The van der Waals surface area contributed by atoms with Crippen LogP contribution in [0.5, 0.6) is 0 Å². The molecule has 0 spiro atoms. The average molecular weight is 260 g/mol. The Kier molecular flexibility index (Phi) is 3.65.